The summed E-state index contributed by atoms with van der Waals surface area (Å²) in [5.74, 6) is -7.46. The van der Waals surface area contributed by atoms with Gasteiger partial charge in [-0.05, 0) is 43.4 Å². The number of hydrogen-bond acceptors (Lipinski definition) is 24. The van der Waals surface area contributed by atoms with Crippen molar-refractivity contribution in [2.45, 2.75) is 45.3 Å². The Kier molecular flexibility index (Phi) is 31.2. The van der Waals surface area contributed by atoms with Gasteiger partial charge in [-0.1, -0.05) is 35.5 Å². The van der Waals surface area contributed by atoms with Gasteiger partial charge in [0.25, 0.3) is 23.5 Å². The third-order valence-electron chi connectivity index (χ3n) is 16.4. The first kappa shape index (κ1) is 76.8. The van der Waals surface area contributed by atoms with Crippen molar-refractivity contribution in [3.05, 3.63) is 131 Å². The minimum atomic E-state index is -1.31. The predicted octanol–water partition coefficient (Wildman–Crippen LogP) is 4.27. The number of allylic oxidation sites excluding steroid dienone is 1. The number of carbonyl (C=O) groups is 5. The monoisotopic (exact) mass is 1420 g/mol. The molecule has 2 saturated heterocycles. The van der Waals surface area contributed by atoms with Gasteiger partial charge in [0.1, 0.15) is 29.3 Å². The summed E-state index contributed by atoms with van der Waals surface area (Å²) in [5, 5.41) is 25.7. The van der Waals surface area contributed by atoms with E-state index < -0.39 is 46.8 Å². The normalized spacial score (nSPS) is 13.6. The van der Waals surface area contributed by atoms with Crippen molar-refractivity contribution in [1.29, 1.82) is 5.26 Å². The average Bonchev–Trinajstić information content (AvgIpc) is 1.60. The van der Waals surface area contributed by atoms with E-state index in [-0.39, 0.29) is 81.3 Å². The average molecular weight is 1420 g/mol. The van der Waals surface area contributed by atoms with Gasteiger partial charge in [0, 0.05) is 83.8 Å². The number of H-pyrrole nitrogens is 2. The Morgan fingerprint density at radius 2 is 1.32 bits per heavy atom. The molecule has 0 radical (unpaired) electrons. The van der Waals surface area contributed by atoms with Gasteiger partial charge in [0.15, 0.2) is 17.5 Å². The van der Waals surface area contributed by atoms with Crippen LogP contribution in [0.15, 0.2) is 85.5 Å². The van der Waals surface area contributed by atoms with Crippen molar-refractivity contribution >= 4 is 46.0 Å². The number of imidazole rings is 1. The summed E-state index contributed by atoms with van der Waals surface area (Å²) in [6, 6.07) is 12.5. The number of amides is 3. The number of nitriles is 1. The summed E-state index contributed by atoms with van der Waals surface area (Å²) < 4.78 is 98.0. The number of piperazine rings is 1. The fourth-order valence-electron chi connectivity index (χ4n) is 11.1. The second-order valence-corrected chi connectivity index (χ2v) is 23.3. The fraction of sp³-hybridized carbons (Fsp3) is 0.500. The van der Waals surface area contributed by atoms with Crippen LogP contribution in [0.3, 0.4) is 0 Å². The van der Waals surface area contributed by atoms with Gasteiger partial charge in [-0.2, -0.15) is 9.94 Å². The van der Waals surface area contributed by atoms with Crippen LogP contribution in [0.25, 0.3) is 22.3 Å². The number of aromatic nitrogens is 10. The Hall–Kier alpha value is -9.41. The Morgan fingerprint density at radius 1 is 0.706 bits per heavy atom. The van der Waals surface area contributed by atoms with Crippen LogP contribution in [0.5, 0.6) is 11.5 Å². The molecular weight excluding hydrogens is 1340 g/mol. The van der Waals surface area contributed by atoms with E-state index in [4.69, 9.17) is 42.6 Å². The highest BCUT2D eigenvalue weighted by Crippen LogP contribution is 2.33. The van der Waals surface area contributed by atoms with Crippen molar-refractivity contribution in [3.63, 3.8) is 0 Å². The second kappa shape index (κ2) is 41.5. The zero-order valence-electron chi connectivity index (χ0n) is 56.9. The highest BCUT2D eigenvalue weighted by atomic mass is 19.1. The van der Waals surface area contributed by atoms with E-state index in [2.05, 4.69) is 66.3 Å². The summed E-state index contributed by atoms with van der Waals surface area (Å²) in [4.78, 5) is 93.1. The topological polar surface area (TPSA) is 345 Å². The number of nitrogens with zero attached hydrogens (tertiary/aromatic N) is 13. The van der Waals surface area contributed by atoms with Crippen LogP contribution in [0, 0.1) is 28.8 Å². The van der Waals surface area contributed by atoms with E-state index in [0.717, 1.165) is 56.8 Å². The number of esters is 1. The fourth-order valence-corrected chi connectivity index (χ4v) is 11.1. The molecule has 2 fully saturated rings. The van der Waals surface area contributed by atoms with Crippen LogP contribution < -0.4 is 14.8 Å². The number of Topliss-reactive ketones (excluding diaryl/α,β-unsaturated/α-hetero) is 1. The smallest absolute Gasteiger partial charge is 0.313 e. The van der Waals surface area contributed by atoms with Gasteiger partial charge in [-0.15, -0.1) is 10.2 Å². The number of nitrogens with one attached hydrogen (secondary N) is 3. The molecule has 2 aliphatic rings. The standard InChI is InChI=1S/C68H85F3N16O15/c1-93-58-44-76-65(61-60(58)54(42-75-61)62(89)68(92)85-16-9-50(10-17-85)53(41-72)49-7-3-2-4-8-49)87-48-78-64(80-87)66(90)74-12-5-14-84(67(91)57-43-73-47-77-57)15-6-13-82-18-20-83(21-19-82)22-25-95-28-31-98-35-36-100-37-38-101-46-52-45-86(81-79-52)23-26-96-29-32-99-34-33-97-30-27-94-24-11-59(88)102-63-55(70)39-51(69)40-56(63)71/h2-4,7-8,39-40,42-45,47-48,75H,5-6,9-38,46H2,1H3,(H,73,77)(H,74,90). The lowest BCUT2D eigenvalue weighted by atomic mass is 9.93. The van der Waals surface area contributed by atoms with Crippen LogP contribution in [0.1, 0.15) is 74.8 Å². The Morgan fingerprint density at radius 3 is 1.96 bits per heavy atom. The Labute approximate surface area is 586 Å². The van der Waals surface area contributed by atoms with Crippen LogP contribution in [0.2, 0.25) is 0 Å². The van der Waals surface area contributed by atoms with Gasteiger partial charge in [0.2, 0.25) is 11.6 Å². The quantitative estimate of drug-likeness (QED) is 0.0120. The molecule has 7 heterocycles. The molecule has 34 heteroatoms. The summed E-state index contributed by atoms with van der Waals surface area (Å²) >= 11 is 0. The van der Waals surface area contributed by atoms with Gasteiger partial charge in [-0.3, -0.25) is 28.9 Å². The number of piperidine rings is 1. The molecule has 0 spiro atoms. The molecule has 5 aromatic heterocycles. The van der Waals surface area contributed by atoms with Crippen LogP contribution in [0.4, 0.5) is 13.2 Å². The van der Waals surface area contributed by atoms with Gasteiger partial charge in [0.05, 0.1) is 179 Å². The van der Waals surface area contributed by atoms with Crippen molar-refractivity contribution in [2.75, 3.05) is 178 Å². The molecule has 2 aliphatic heterocycles. The molecule has 0 aliphatic carbocycles. The third-order valence-corrected chi connectivity index (χ3v) is 16.4. The summed E-state index contributed by atoms with van der Waals surface area (Å²) in [5.41, 5.74) is 3.81. The summed E-state index contributed by atoms with van der Waals surface area (Å²) in [7, 11) is 1.43. The first-order valence-electron chi connectivity index (χ1n) is 33.7. The van der Waals surface area contributed by atoms with Crippen molar-refractivity contribution < 1.29 is 84.5 Å². The van der Waals surface area contributed by atoms with Gasteiger partial charge < -0.3 is 77.4 Å². The maximum absolute atomic E-state index is 13.9. The van der Waals surface area contributed by atoms with Gasteiger partial charge in [-0.25, -0.2) is 32.8 Å². The van der Waals surface area contributed by atoms with E-state index in [0.29, 0.717) is 158 Å². The maximum atomic E-state index is 13.9. The largest absolute Gasteiger partial charge is 0.494 e. The number of methoxy groups -OCH3 is 1. The molecule has 548 valence electrons. The molecule has 0 atom stereocenters. The lowest BCUT2D eigenvalue weighted by Crippen LogP contribution is -2.48. The number of rotatable bonds is 45. The summed E-state index contributed by atoms with van der Waals surface area (Å²) in [6.07, 6.45) is 10.8. The van der Waals surface area contributed by atoms with Crippen LogP contribution in [-0.2, 0) is 60.6 Å². The molecule has 7 aromatic rings. The minimum Gasteiger partial charge on any atom is -0.494 e. The van der Waals surface area contributed by atoms with E-state index >= 15 is 0 Å². The van der Waals surface area contributed by atoms with Crippen molar-refractivity contribution in [3.8, 4) is 23.4 Å². The number of aromatic amines is 2. The molecule has 31 nitrogen and oxygen atoms in total. The highest BCUT2D eigenvalue weighted by Gasteiger charge is 2.31. The van der Waals surface area contributed by atoms with Crippen molar-refractivity contribution in [1.82, 2.24) is 74.6 Å². The third kappa shape index (κ3) is 23.6. The number of carbonyl (C=O) groups excluding carboxylic acids is 5. The first-order valence-corrected chi connectivity index (χ1v) is 33.7. The van der Waals surface area contributed by atoms with Crippen molar-refractivity contribution in [2.24, 2.45) is 0 Å². The molecule has 0 saturated carbocycles. The zero-order valence-corrected chi connectivity index (χ0v) is 56.9. The Bertz CT molecular complexity index is 3830. The molecular formula is C68H85F3N16O15. The SMILES string of the molecule is COc1cnc(-n2cnc(C(=O)NCCCN(CCCN3CCN(CCOCCOCCOCCOCc4cn(CCOCCOCCOCCOCCC(=O)Oc5c(F)cc(F)cc5F)nn4)CC3)C(=O)c3cnc[nH]3)n2)c2[nH]cc(C(=O)C(=O)N3CCC(=C(C#N)c4ccccc4)CC3)c12. The Balaban J connectivity index is 0.557. The maximum Gasteiger partial charge on any atom is 0.313 e. The molecule has 2 aromatic carbocycles. The predicted molar refractivity (Wildman–Crippen MR) is 358 cm³/mol. The lowest BCUT2D eigenvalue weighted by molar-refractivity contribution is -0.136. The number of halogens is 3. The second-order valence-electron chi connectivity index (χ2n) is 23.3. The number of ketones is 1. The van der Waals surface area contributed by atoms with Crippen LogP contribution in [-0.4, -0.2) is 277 Å². The lowest BCUT2D eigenvalue weighted by Gasteiger charge is -2.35. The van der Waals surface area contributed by atoms with Gasteiger partial charge >= 0.3 is 5.97 Å². The number of pyridine rings is 1. The first-order chi connectivity index (χ1) is 49.9. The molecule has 102 heavy (non-hydrogen) atoms. The van der Waals surface area contributed by atoms with E-state index in [1.807, 2.05) is 30.3 Å². The van der Waals surface area contributed by atoms with Crippen LogP contribution >= 0.6 is 0 Å². The number of likely N-dealkylation sites (tertiary alicyclic amines) is 1. The number of benzene rings is 2. The molecule has 3 amide bonds. The minimum absolute atomic E-state index is 0.0574. The summed E-state index contributed by atoms with van der Waals surface area (Å²) in [6.45, 7) is 13.0. The molecule has 0 bridgehead atoms. The number of fused-ring (bicyclic) bond motifs is 1. The molecule has 3 N–H and O–H groups in total. The zero-order chi connectivity index (χ0) is 71.7. The molecule has 9 rings (SSSR count). The van der Waals surface area contributed by atoms with E-state index in [1.54, 1.807) is 15.8 Å². The van der Waals surface area contributed by atoms with E-state index in [1.165, 1.54) is 47.9 Å². The number of hydrogen-bond donors (Lipinski definition) is 3. The van der Waals surface area contributed by atoms with E-state index in [9.17, 15) is 42.4 Å². The highest BCUT2D eigenvalue weighted by molar-refractivity contribution is 6.45. The number of ether oxygens (including phenoxy) is 10. The molecule has 0 unspecified atom stereocenters.